The molecule has 0 aromatic heterocycles. The predicted octanol–water partition coefficient (Wildman–Crippen LogP) is 1.16. The van der Waals surface area contributed by atoms with Crippen LogP contribution in [-0.2, 0) is 0 Å². The van der Waals surface area contributed by atoms with E-state index in [0.717, 1.165) is 0 Å². The molecule has 0 heterocycles. The maximum absolute atomic E-state index is 2.47. The van der Waals surface area contributed by atoms with Gasteiger partial charge in [-0.05, 0) is 0 Å². The molecule has 0 aromatic rings. The van der Waals surface area contributed by atoms with Crippen molar-refractivity contribution in [3.05, 3.63) is 36.1 Å². The van der Waals surface area contributed by atoms with Gasteiger partial charge in [0.25, 0.3) is 0 Å². The largest absolute Gasteiger partial charge is 1.00 e. The smallest absolute Gasteiger partial charge is 1.00 e. The number of hydrogen-bond acceptors (Lipinski definition) is 0. The molecule has 0 saturated heterocycles. The molecule has 0 fully saturated rings. The summed E-state index contributed by atoms with van der Waals surface area (Å²) in [4.78, 5) is 0. The van der Waals surface area contributed by atoms with Gasteiger partial charge in [-0.25, -0.2) is 0 Å². The summed E-state index contributed by atoms with van der Waals surface area (Å²) in [5.41, 5.74) is 10.5. The van der Waals surface area contributed by atoms with Gasteiger partial charge in [-0.2, -0.15) is 0 Å². The first kappa shape index (κ1) is 25.9. The predicted molar refractivity (Wildman–Crippen MR) is 98.9 cm³/mol. The third-order valence-electron chi connectivity index (χ3n) is 6.72. The molecular formula is C22H34Cl2Th. The van der Waals surface area contributed by atoms with Crippen LogP contribution in [0.3, 0.4) is 0 Å². The second kappa shape index (κ2) is 8.91. The summed E-state index contributed by atoms with van der Waals surface area (Å²) < 4.78 is 3.76. The van der Waals surface area contributed by atoms with Crippen LogP contribution in [0.4, 0.5) is 0 Å². The van der Waals surface area contributed by atoms with Crippen LogP contribution in [0.15, 0.2) is 36.1 Å². The fourth-order valence-corrected chi connectivity index (χ4v) is 13.7. The van der Waals surface area contributed by atoms with Gasteiger partial charge in [-0.3, -0.25) is 0 Å². The molecule has 25 heavy (non-hydrogen) atoms. The molecule has 0 aliphatic heterocycles. The molecular weight excluding hydrogens is 567 g/mol. The number of hydrogen-bond donors (Lipinski definition) is 0. The summed E-state index contributed by atoms with van der Waals surface area (Å²) in [7, 11) is 0. The van der Waals surface area contributed by atoms with Gasteiger partial charge in [-0.1, -0.05) is 0 Å². The van der Waals surface area contributed by atoms with E-state index in [2.05, 4.69) is 69.2 Å². The third-order valence-corrected chi connectivity index (χ3v) is 16.4. The quantitative estimate of drug-likeness (QED) is 0.454. The first-order valence-corrected chi connectivity index (χ1v) is 13.2. The zero-order valence-corrected chi connectivity index (χ0v) is 23.3. The van der Waals surface area contributed by atoms with Gasteiger partial charge in [0.1, 0.15) is 0 Å². The summed E-state index contributed by atoms with van der Waals surface area (Å²) in [6, 6.07) is 0. The Labute approximate surface area is 188 Å². The average Bonchev–Trinajstić information content (AvgIpc) is 2.75. The fourth-order valence-electron chi connectivity index (χ4n) is 4.37. The monoisotopic (exact) mass is 600 g/mol. The zero-order chi connectivity index (χ0) is 17.7. The summed E-state index contributed by atoms with van der Waals surface area (Å²) in [5, 5.41) is 0. The summed E-state index contributed by atoms with van der Waals surface area (Å²) in [6.07, 6.45) is 2.42. The van der Waals surface area contributed by atoms with Crippen molar-refractivity contribution in [1.29, 1.82) is 0 Å². The van der Waals surface area contributed by atoms with E-state index < -0.39 is 35.9 Å². The fraction of sp³-hybridized carbons (Fsp3) is 0.636. The first-order valence-electron chi connectivity index (χ1n) is 9.12. The molecule has 3 heteroatoms. The Morgan fingerprint density at radius 1 is 0.640 bits per heavy atom. The minimum absolute atomic E-state index is 0. The van der Waals surface area contributed by atoms with Crippen LogP contribution in [0.2, 0.25) is 0 Å². The van der Waals surface area contributed by atoms with Crippen molar-refractivity contribution in [2.75, 3.05) is 0 Å². The molecule has 0 bridgehead atoms. The van der Waals surface area contributed by atoms with Gasteiger partial charge in [0, 0.05) is 0 Å². The van der Waals surface area contributed by atoms with Crippen LogP contribution < -0.4 is 24.8 Å². The van der Waals surface area contributed by atoms with Crippen molar-refractivity contribution in [2.45, 2.75) is 82.1 Å². The minimum atomic E-state index is -1.20. The van der Waals surface area contributed by atoms with Gasteiger partial charge in [-0.15, -0.1) is 0 Å². The van der Waals surface area contributed by atoms with E-state index in [9.17, 15) is 0 Å². The van der Waals surface area contributed by atoms with Crippen LogP contribution >= 0.6 is 0 Å². The summed E-state index contributed by atoms with van der Waals surface area (Å²) in [5.74, 6) is 0. The van der Waals surface area contributed by atoms with Crippen LogP contribution in [0.1, 0.15) is 82.1 Å². The second-order valence-corrected chi connectivity index (χ2v) is 13.4. The molecule has 0 N–H and O–H groups in total. The van der Waals surface area contributed by atoms with Crippen LogP contribution in [0, 0.1) is 46.7 Å². The van der Waals surface area contributed by atoms with Gasteiger partial charge >= 0.3 is 165 Å². The molecule has 0 atom stereocenters. The van der Waals surface area contributed by atoms with Gasteiger partial charge in [0.2, 0.25) is 0 Å². The van der Waals surface area contributed by atoms with Gasteiger partial charge in [0.05, 0.1) is 0 Å². The van der Waals surface area contributed by atoms with Crippen molar-refractivity contribution in [1.82, 2.24) is 0 Å². The molecule has 2 aliphatic rings. The third kappa shape index (κ3) is 4.02. The SMILES string of the molecule is CCC1=[C]([Th+2][C]2=C(CC)C(C)=C(C)C2(C)C)C(C)(C)C(C)=C1C.[Cl-].[Cl-]. The normalized spacial score (nSPS) is 21.5. The van der Waals surface area contributed by atoms with Crippen molar-refractivity contribution in [3.8, 4) is 0 Å². The zero-order valence-electron chi connectivity index (χ0n) is 17.7. The van der Waals surface area contributed by atoms with Crippen molar-refractivity contribution < 1.29 is 60.7 Å². The average molecular weight is 601 g/mol. The maximum Gasteiger partial charge on any atom is -1.00 e. The topological polar surface area (TPSA) is 0 Å². The first-order chi connectivity index (χ1) is 10.5. The molecule has 2 rings (SSSR count). The maximum atomic E-state index is 2.47. The van der Waals surface area contributed by atoms with Gasteiger partial charge < -0.3 is 24.8 Å². The van der Waals surface area contributed by atoms with Crippen LogP contribution in [0.25, 0.3) is 0 Å². The summed E-state index contributed by atoms with van der Waals surface area (Å²) >= 11 is -1.20. The van der Waals surface area contributed by atoms with Gasteiger partial charge in [0.15, 0.2) is 0 Å². The molecule has 0 radical (unpaired) electrons. The van der Waals surface area contributed by atoms with E-state index in [0.29, 0.717) is 10.8 Å². The Balaban J connectivity index is 0.00000288. The molecule has 0 aromatic carbocycles. The Morgan fingerprint density at radius 2 is 0.920 bits per heavy atom. The standard InChI is InChI=1S/2C11H17.2ClH.Th/c2*1-6-10-7-11(4,5)9(3)8(10)2;;;/h2*6H2,1-5H3;2*1H;/q;;;;+2/p-2. The van der Waals surface area contributed by atoms with E-state index in [1.54, 1.807) is 33.4 Å². The molecule has 140 valence electrons. The second-order valence-electron chi connectivity index (χ2n) is 8.29. The molecule has 0 amide bonds. The van der Waals surface area contributed by atoms with E-state index in [1.165, 1.54) is 12.8 Å². The van der Waals surface area contributed by atoms with E-state index in [1.807, 2.05) is 2.71 Å². The van der Waals surface area contributed by atoms with Crippen LogP contribution in [0.5, 0.6) is 0 Å². The van der Waals surface area contributed by atoms with Crippen LogP contribution in [-0.4, -0.2) is 0 Å². The number of allylic oxidation sites excluding steroid dienone is 8. The van der Waals surface area contributed by atoms with Crippen molar-refractivity contribution in [2.24, 2.45) is 10.8 Å². The Morgan fingerprint density at radius 3 is 1.16 bits per heavy atom. The molecule has 0 spiro atoms. The Hall–Kier alpha value is 0.865. The molecule has 0 saturated carbocycles. The minimum Gasteiger partial charge on any atom is -1.00 e. The Bertz CT molecular complexity index is 612. The van der Waals surface area contributed by atoms with Crippen molar-refractivity contribution in [3.63, 3.8) is 0 Å². The van der Waals surface area contributed by atoms with Crippen molar-refractivity contribution >= 4 is 0 Å². The molecule has 2 aliphatic carbocycles. The Kier molecular flexibility index (Phi) is 9.22. The molecule has 0 unspecified atom stereocenters. The van der Waals surface area contributed by atoms with E-state index in [-0.39, 0.29) is 24.8 Å². The number of rotatable bonds is 4. The summed E-state index contributed by atoms with van der Waals surface area (Å²) in [6.45, 7) is 24.1. The molecule has 0 nitrogen and oxygen atoms in total. The van der Waals surface area contributed by atoms with E-state index >= 15 is 0 Å². The number of halogens is 2. The van der Waals surface area contributed by atoms with E-state index in [4.69, 9.17) is 0 Å².